The van der Waals surface area contributed by atoms with Gasteiger partial charge >= 0.3 is 5.97 Å². The SMILES string of the molecule is CC(=O)OCCCC(=O)CS. The highest BCUT2D eigenvalue weighted by Crippen LogP contribution is 1.93. The molecule has 0 aliphatic heterocycles. The zero-order valence-corrected chi connectivity index (χ0v) is 7.39. The van der Waals surface area contributed by atoms with E-state index >= 15 is 0 Å². The van der Waals surface area contributed by atoms with Crippen LogP contribution in [0.2, 0.25) is 0 Å². The minimum Gasteiger partial charge on any atom is -0.466 e. The van der Waals surface area contributed by atoms with E-state index < -0.39 is 0 Å². The van der Waals surface area contributed by atoms with Gasteiger partial charge in [0.25, 0.3) is 0 Å². The van der Waals surface area contributed by atoms with E-state index in [1.807, 2.05) is 0 Å². The zero-order chi connectivity index (χ0) is 8.69. The molecule has 0 amide bonds. The van der Waals surface area contributed by atoms with Crippen LogP contribution in [0.15, 0.2) is 0 Å². The summed E-state index contributed by atoms with van der Waals surface area (Å²) < 4.78 is 4.62. The second-order valence-electron chi connectivity index (χ2n) is 2.14. The van der Waals surface area contributed by atoms with Gasteiger partial charge in [-0.25, -0.2) is 0 Å². The third-order valence-electron chi connectivity index (χ3n) is 1.08. The quantitative estimate of drug-likeness (QED) is 0.383. The van der Waals surface area contributed by atoms with Gasteiger partial charge in [-0.1, -0.05) is 0 Å². The second-order valence-corrected chi connectivity index (χ2v) is 2.46. The van der Waals surface area contributed by atoms with Gasteiger partial charge in [-0.05, 0) is 6.42 Å². The predicted molar refractivity (Wildman–Crippen MR) is 44.7 cm³/mol. The molecule has 0 saturated carbocycles. The average Bonchev–Trinajstić information content (AvgIpc) is 1.97. The number of hydrogen-bond donors (Lipinski definition) is 1. The van der Waals surface area contributed by atoms with Crippen LogP contribution in [0.25, 0.3) is 0 Å². The first-order chi connectivity index (χ1) is 5.16. The van der Waals surface area contributed by atoms with E-state index in [2.05, 4.69) is 17.4 Å². The lowest BCUT2D eigenvalue weighted by Gasteiger charge is -1.99. The number of esters is 1. The molecule has 0 N–H and O–H groups in total. The summed E-state index contributed by atoms with van der Waals surface area (Å²) in [5, 5.41) is 0. The van der Waals surface area contributed by atoms with Crippen molar-refractivity contribution in [1.29, 1.82) is 0 Å². The molecule has 0 aliphatic carbocycles. The standard InChI is InChI=1S/C7H12O3S/c1-6(8)10-4-2-3-7(9)5-11/h11H,2-5H2,1H3. The van der Waals surface area contributed by atoms with Gasteiger partial charge in [-0.2, -0.15) is 12.6 Å². The molecule has 0 aromatic heterocycles. The maximum Gasteiger partial charge on any atom is 0.302 e. The fourth-order valence-corrected chi connectivity index (χ4v) is 0.722. The van der Waals surface area contributed by atoms with Crippen molar-refractivity contribution in [3.8, 4) is 0 Å². The highest BCUT2D eigenvalue weighted by molar-refractivity contribution is 7.81. The molecule has 0 rings (SSSR count). The van der Waals surface area contributed by atoms with Crippen molar-refractivity contribution in [2.75, 3.05) is 12.4 Å². The van der Waals surface area contributed by atoms with Crippen LogP contribution in [0, 0.1) is 0 Å². The van der Waals surface area contributed by atoms with Gasteiger partial charge in [0.05, 0.1) is 6.61 Å². The molecule has 0 unspecified atom stereocenters. The number of ether oxygens (including phenoxy) is 1. The average molecular weight is 176 g/mol. The van der Waals surface area contributed by atoms with E-state index in [-0.39, 0.29) is 17.5 Å². The molecule has 0 aromatic carbocycles. The highest BCUT2D eigenvalue weighted by atomic mass is 32.1. The molecule has 64 valence electrons. The van der Waals surface area contributed by atoms with Crippen molar-refractivity contribution in [3.63, 3.8) is 0 Å². The molecule has 0 atom stereocenters. The Kier molecular flexibility index (Phi) is 5.93. The lowest BCUT2D eigenvalue weighted by Crippen LogP contribution is -2.04. The van der Waals surface area contributed by atoms with Crippen LogP contribution < -0.4 is 0 Å². The Hall–Kier alpha value is -0.510. The van der Waals surface area contributed by atoms with Crippen LogP contribution in [-0.2, 0) is 14.3 Å². The summed E-state index contributed by atoms with van der Waals surface area (Å²) in [5.41, 5.74) is 0. The normalized spacial score (nSPS) is 9.27. The van der Waals surface area contributed by atoms with Crippen molar-refractivity contribution in [1.82, 2.24) is 0 Å². The summed E-state index contributed by atoms with van der Waals surface area (Å²) in [6.07, 6.45) is 1.04. The van der Waals surface area contributed by atoms with E-state index in [9.17, 15) is 9.59 Å². The van der Waals surface area contributed by atoms with Crippen LogP contribution >= 0.6 is 12.6 Å². The fourth-order valence-electron chi connectivity index (χ4n) is 0.564. The van der Waals surface area contributed by atoms with Crippen molar-refractivity contribution < 1.29 is 14.3 Å². The molecule has 0 bridgehead atoms. The Morgan fingerprint density at radius 3 is 2.55 bits per heavy atom. The Morgan fingerprint density at radius 2 is 2.09 bits per heavy atom. The highest BCUT2D eigenvalue weighted by Gasteiger charge is 1.98. The monoisotopic (exact) mass is 176 g/mol. The number of thiol groups is 1. The summed E-state index contributed by atoms with van der Waals surface area (Å²) >= 11 is 3.80. The fraction of sp³-hybridized carbons (Fsp3) is 0.714. The number of carbonyl (C=O) groups excluding carboxylic acids is 2. The van der Waals surface area contributed by atoms with Crippen molar-refractivity contribution in [2.45, 2.75) is 19.8 Å². The number of Topliss-reactive ketones (excluding diaryl/α,β-unsaturated/α-hetero) is 1. The Labute approximate surface area is 71.5 Å². The Bertz CT molecular complexity index is 145. The van der Waals surface area contributed by atoms with Gasteiger partial charge in [-0.3, -0.25) is 9.59 Å². The largest absolute Gasteiger partial charge is 0.466 e. The second kappa shape index (κ2) is 6.22. The maximum absolute atomic E-state index is 10.6. The smallest absolute Gasteiger partial charge is 0.302 e. The number of hydrogen-bond acceptors (Lipinski definition) is 4. The molecule has 0 aliphatic rings. The van der Waals surface area contributed by atoms with Gasteiger partial charge in [0, 0.05) is 19.1 Å². The minimum atomic E-state index is -0.302. The van der Waals surface area contributed by atoms with E-state index in [1.54, 1.807) is 0 Å². The summed E-state index contributed by atoms with van der Waals surface area (Å²) in [7, 11) is 0. The number of ketones is 1. The molecule has 0 aromatic rings. The summed E-state index contributed by atoms with van der Waals surface area (Å²) in [4.78, 5) is 20.9. The number of rotatable bonds is 5. The van der Waals surface area contributed by atoms with Crippen molar-refractivity contribution in [2.24, 2.45) is 0 Å². The lowest BCUT2D eigenvalue weighted by molar-refractivity contribution is -0.141. The number of carbonyl (C=O) groups is 2. The molecule has 3 nitrogen and oxygen atoms in total. The molecule has 0 heterocycles. The maximum atomic E-state index is 10.6. The molecule has 4 heteroatoms. The van der Waals surface area contributed by atoms with Crippen molar-refractivity contribution in [3.05, 3.63) is 0 Å². The molecule has 0 spiro atoms. The third kappa shape index (κ3) is 7.39. The van der Waals surface area contributed by atoms with Crippen LogP contribution in [0.5, 0.6) is 0 Å². The van der Waals surface area contributed by atoms with Gasteiger partial charge in [0.2, 0.25) is 0 Å². The Morgan fingerprint density at radius 1 is 1.45 bits per heavy atom. The molecule has 11 heavy (non-hydrogen) atoms. The molecule has 0 radical (unpaired) electrons. The summed E-state index contributed by atoms with van der Waals surface area (Å²) in [6, 6.07) is 0. The molecule has 0 saturated heterocycles. The molecule has 0 fully saturated rings. The first-order valence-corrected chi connectivity index (χ1v) is 4.06. The van der Waals surface area contributed by atoms with Gasteiger partial charge in [0.15, 0.2) is 0 Å². The van der Waals surface area contributed by atoms with Gasteiger partial charge in [0.1, 0.15) is 5.78 Å². The zero-order valence-electron chi connectivity index (χ0n) is 6.50. The van der Waals surface area contributed by atoms with Crippen LogP contribution in [0.4, 0.5) is 0 Å². The molecular formula is C7H12O3S. The molecular weight excluding hydrogens is 164 g/mol. The topological polar surface area (TPSA) is 43.4 Å². The predicted octanol–water partition coefficient (Wildman–Crippen LogP) is 0.829. The van der Waals surface area contributed by atoms with Crippen LogP contribution in [0.1, 0.15) is 19.8 Å². The van der Waals surface area contributed by atoms with Crippen LogP contribution in [0.3, 0.4) is 0 Å². The lowest BCUT2D eigenvalue weighted by atomic mass is 10.2. The van der Waals surface area contributed by atoms with Crippen molar-refractivity contribution >= 4 is 24.4 Å². The van der Waals surface area contributed by atoms with E-state index in [4.69, 9.17) is 0 Å². The van der Waals surface area contributed by atoms with E-state index in [0.717, 1.165) is 0 Å². The third-order valence-corrected chi connectivity index (χ3v) is 1.43. The van der Waals surface area contributed by atoms with E-state index in [0.29, 0.717) is 19.4 Å². The Balaban J connectivity index is 3.14. The van der Waals surface area contributed by atoms with Gasteiger partial charge in [-0.15, -0.1) is 0 Å². The van der Waals surface area contributed by atoms with Crippen LogP contribution in [-0.4, -0.2) is 24.1 Å². The first kappa shape index (κ1) is 10.5. The minimum absolute atomic E-state index is 0.0838. The summed E-state index contributed by atoms with van der Waals surface area (Å²) in [5.74, 6) is 0.0453. The van der Waals surface area contributed by atoms with E-state index in [1.165, 1.54) is 6.92 Å². The summed E-state index contributed by atoms with van der Waals surface area (Å²) in [6.45, 7) is 1.68. The van der Waals surface area contributed by atoms with Gasteiger partial charge < -0.3 is 4.74 Å². The first-order valence-electron chi connectivity index (χ1n) is 3.42.